The van der Waals surface area contributed by atoms with Gasteiger partial charge in [-0.15, -0.1) is 6.58 Å². The maximum atomic E-state index is 12.4. The number of rotatable bonds is 5. The smallest absolute Gasteiger partial charge is 0.222 e. The minimum atomic E-state index is -3.30. The van der Waals surface area contributed by atoms with Crippen LogP contribution in [0.25, 0.3) is 0 Å². The van der Waals surface area contributed by atoms with Gasteiger partial charge >= 0.3 is 0 Å². The Balaban J connectivity index is 1.74. The average molecular weight is 363 g/mol. The van der Waals surface area contributed by atoms with Gasteiger partial charge < -0.3 is 4.90 Å². The molecule has 0 radical (unpaired) electrons. The summed E-state index contributed by atoms with van der Waals surface area (Å²) in [5, 5.41) is 0. The summed E-state index contributed by atoms with van der Waals surface area (Å²) >= 11 is 0. The van der Waals surface area contributed by atoms with Crippen LogP contribution < -0.4 is 0 Å². The molecule has 1 aromatic rings. The standard InChI is InChI=1S/C18H25N3O3S/c1-2-12-25(23,24)21-11-3-7-18(15-21)8-4-17(22)20(14-18)13-16-5-9-19-10-6-16/h2,5-6,9-10H,1,3-4,7-8,11-15H2/t18-/m1/s1. The van der Waals surface area contributed by atoms with E-state index in [0.29, 0.717) is 32.6 Å². The predicted octanol–water partition coefficient (Wildman–Crippen LogP) is 1.80. The van der Waals surface area contributed by atoms with Crippen LogP contribution in [0.15, 0.2) is 37.2 Å². The lowest BCUT2D eigenvalue weighted by molar-refractivity contribution is -0.139. The van der Waals surface area contributed by atoms with Crippen molar-refractivity contribution in [1.29, 1.82) is 0 Å². The van der Waals surface area contributed by atoms with Gasteiger partial charge in [-0.05, 0) is 37.0 Å². The molecule has 136 valence electrons. The van der Waals surface area contributed by atoms with Crippen molar-refractivity contribution < 1.29 is 13.2 Å². The third-order valence-electron chi connectivity index (χ3n) is 5.22. The molecule has 0 N–H and O–H groups in total. The SMILES string of the molecule is C=CCS(=O)(=O)N1CCC[C@]2(CCC(=O)N(Cc3ccncc3)C2)C1. The van der Waals surface area contributed by atoms with E-state index in [1.54, 1.807) is 16.7 Å². The predicted molar refractivity (Wildman–Crippen MR) is 96.1 cm³/mol. The molecule has 2 aliphatic heterocycles. The van der Waals surface area contributed by atoms with Crippen molar-refractivity contribution in [2.45, 2.75) is 32.2 Å². The van der Waals surface area contributed by atoms with E-state index in [9.17, 15) is 13.2 Å². The number of carbonyl (C=O) groups is 1. The zero-order valence-electron chi connectivity index (χ0n) is 14.4. The topological polar surface area (TPSA) is 70.6 Å². The molecule has 0 aromatic carbocycles. The highest BCUT2D eigenvalue weighted by atomic mass is 32.2. The van der Waals surface area contributed by atoms with E-state index in [2.05, 4.69) is 11.6 Å². The molecular weight excluding hydrogens is 338 g/mol. The van der Waals surface area contributed by atoms with Crippen LogP contribution >= 0.6 is 0 Å². The third kappa shape index (κ3) is 4.10. The molecule has 2 aliphatic rings. The highest BCUT2D eigenvalue weighted by molar-refractivity contribution is 7.89. The highest BCUT2D eigenvalue weighted by Gasteiger charge is 2.43. The molecule has 2 saturated heterocycles. The molecule has 1 amide bonds. The van der Waals surface area contributed by atoms with Crippen LogP contribution in [0.3, 0.4) is 0 Å². The number of aromatic nitrogens is 1. The van der Waals surface area contributed by atoms with E-state index in [1.165, 1.54) is 6.08 Å². The normalized spacial score (nSPS) is 25.3. The number of pyridine rings is 1. The van der Waals surface area contributed by atoms with Crippen LogP contribution in [0.5, 0.6) is 0 Å². The van der Waals surface area contributed by atoms with Crippen LogP contribution in [0, 0.1) is 5.41 Å². The van der Waals surface area contributed by atoms with Gasteiger partial charge in [-0.2, -0.15) is 0 Å². The van der Waals surface area contributed by atoms with Gasteiger partial charge in [0.05, 0.1) is 5.75 Å². The molecule has 0 bridgehead atoms. The summed E-state index contributed by atoms with van der Waals surface area (Å²) in [4.78, 5) is 18.3. The first-order chi connectivity index (χ1) is 11.9. The summed E-state index contributed by atoms with van der Waals surface area (Å²) in [5.74, 6) is 0.122. The molecule has 3 rings (SSSR count). The quantitative estimate of drug-likeness (QED) is 0.748. The monoisotopic (exact) mass is 363 g/mol. The van der Waals surface area contributed by atoms with Crippen LogP contribution in [0.4, 0.5) is 0 Å². The Labute approximate surface area is 149 Å². The van der Waals surface area contributed by atoms with E-state index in [4.69, 9.17) is 0 Å². The first-order valence-electron chi connectivity index (χ1n) is 8.70. The van der Waals surface area contributed by atoms with Crippen molar-refractivity contribution >= 4 is 15.9 Å². The van der Waals surface area contributed by atoms with Gasteiger partial charge in [-0.3, -0.25) is 9.78 Å². The van der Waals surface area contributed by atoms with Gasteiger partial charge in [0.2, 0.25) is 15.9 Å². The van der Waals surface area contributed by atoms with Crippen molar-refractivity contribution in [2.24, 2.45) is 5.41 Å². The minimum Gasteiger partial charge on any atom is -0.338 e. The summed E-state index contributed by atoms with van der Waals surface area (Å²) in [6.07, 6.45) is 7.95. The second-order valence-electron chi connectivity index (χ2n) is 7.11. The molecule has 0 saturated carbocycles. The molecule has 1 spiro atoms. The van der Waals surface area contributed by atoms with Crippen LogP contribution in [-0.4, -0.2) is 53.9 Å². The lowest BCUT2D eigenvalue weighted by atomic mass is 9.74. The lowest BCUT2D eigenvalue weighted by Crippen LogP contribution is -2.55. The molecule has 25 heavy (non-hydrogen) atoms. The summed E-state index contributed by atoms with van der Waals surface area (Å²) in [6.45, 7) is 5.80. The summed E-state index contributed by atoms with van der Waals surface area (Å²) < 4.78 is 26.4. The van der Waals surface area contributed by atoms with Crippen LogP contribution in [0.2, 0.25) is 0 Å². The summed E-state index contributed by atoms with van der Waals surface area (Å²) in [6, 6.07) is 3.83. The van der Waals surface area contributed by atoms with Crippen molar-refractivity contribution in [2.75, 3.05) is 25.4 Å². The number of nitrogens with zero attached hydrogens (tertiary/aromatic N) is 3. The van der Waals surface area contributed by atoms with Gasteiger partial charge in [-0.1, -0.05) is 6.08 Å². The Morgan fingerprint density at radius 1 is 1.24 bits per heavy atom. The molecule has 2 fully saturated rings. The number of carbonyl (C=O) groups excluding carboxylic acids is 1. The average Bonchev–Trinajstić information content (AvgIpc) is 2.59. The maximum absolute atomic E-state index is 12.4. The first-order valence-corrected chi connectivity index (χ1v) is 10.3. The Morgan fingerprint density at radius 2 is 2.00 bits per heavy atom. The van der Waals surface area contributed by atoms with Crippen molar-refractivity contribution in [3.05, 3.63) is 42.7 Å². The van der Waals surface area contributed by atoms with Gasteiger partial charge in [0.25, 0.3) is 0 Å². The number of hydrogen-bond donors (Lipinski definition) is 0. The largest absolute Gasteiger partial charge is 0.338 e. The molecule has 1 aromatic heterocycles. The molecular formula is C18H25N3O3S. The Kier molecular flexibility index (Phi) is 5.24. The van der Waals surface area contributed by atoms with Gasteiger partial charge in [0.15, 0.2) is 0 Å². The van der Waals surface area contributed by atoms with E-state index >= 15 is 0 Å². The fourth-order valence-corrected chi connectivity index (χ4v) is 5.33. The van der Waals surface area contributed by atoms with E-state index in [-0.39, 0.29) is 17.1 Å². The zero-order chi connectivity index (χ0) is 17.9. The van der Waals surface area contributed by atoms with Crippen molar-refractivity contribution in [3.63, 3.8) is 0 Å². The number of likely N-dealkylation sites (tertiary alicyclic amines) is 1. The van der Waals surface area contributed by atoms with Crippen molar-refractivity contribution in [3.8, 4) is 0 Å². The Hall–Kier alpha value is -1.73. The summed E-state index contributed by atoms with van der Waals surface area (Å²) in [7, 11) is -3.30. The zero-order valence-corrected chi connectivity index (χ0v) is 15.2. The van der Waals surface area contributed by atoms with Gasteiger partial charge in [0, 0.05) is 50.4 Å². The number of piperidine rings is 2. The molecule has 6 nitrogen and oxygen atoms in total. The number of sulfonamides is 1. The summed E-state index contributed by atoms with van der Waals surface area (Å²) in [5.41, 5.74) is 0.917. The van der Waals surface area contributed by atoms with Crippen LogP contribution in [0.1, 0.15) is 31.2 Å². The third-order valence-corrected chi connectivity index (χ3v) is 6.97. The van der Waals surface area contributed by atoms with Crippen molar-refractivity contribution in [1.82, 2.24) is 14.2 Å². The molecule has 7 heteroatoms. The number of hydrogen-bond acceptors (Lipinski definition) is 4. The second kappa shape index (κ2) is 7.25. The molecule has 1 atom stereocenters. The highest BCUT2D eigenvalue weighted by Crippen LogP contribution is 2.40. The van der Waals surface area contributed by atoms with Crippen LogP contribution in [-0.2, 0) is 21.4 Å². The Morgan fingerprint density at radius 3 is 2.72 bits per heavy atom. The Bertz CT molecular complexity index is 735. The fourth-order valence-electron chi connectivity index (χ4n) is 3.94. The molecule has 0 aliphatic carbocycles. The fraction of sp³-hybridized carbons (Fsp3) is 0.556. The second-order valence-corrected chi connectivity index (χ2v) is 9.12. The first kappa shape index (κ1) is 18.1. The molecule has 3 heterocycles. The van der Waals surface area contributed by atoms with E-state index < -0.39 is 10.0 Å². The number of amides is 1. The maximum Gasteiger partial charge on any atom is 0.222 e. The molecule has 0 unspecified atom stereocenters. The lowest BCUT2D eigenvalue weighted by Gasteiger charge is -2.47. The van der Waals surface area contributed by atoms with E-state index in [0.717, 1.165) is 24.8 Å². The van der Waals surface area contributed by atoms with Gasteiger partial charge in [-0.25, -0.2) is 12.7 Å². The van der Waals surface area contributed by atoms with Gasteiger partial charge in [0.1, 0.15) is 0 Å². The minimum absolute atomic E-state index is 0.0251. The van der Waals surface area contributed by atoms with E-state index in [1.807, 2.05) is 17.0 Å².